The molecule has 2 unspecified atom stereocenters. The van der Waals surface area contributed by atoms with Crippen LogP contribution in [-0.2, 0) is 9.59 Å². The molecule has 1 saturated heterocycles. The zero-order valence-electron chi connectivity index (χ0n) is 13.2. The maximum atomic E-state index is 12.3. The highest BCUT2D eigenvalue weighted by atomic mass is 16.4. The Bertz CT molecular complexity index is 327. The lowest BCUT2D eigenvalue weighted by atomic mass is 9.92. The third kappa shape index (κ3) is 6.93. The molecule has 122 valence electrons. The molecule has 3 N–H and O–H groups in total. The molecule has 5 nitrogen and oxygen atoms in total. The summed E-state index contributed by atoms with van der Waals surface area (Å²) in [5, 5.41) is 8.87. The number of nitrogens with two attached hydrogens (primary N) is 1. The van der Waals surface area contributed by atoms with E-state index in [-0.39, 0.29) is 18.2 Å². The van der Waals surface area contributed by atoms with Gasteiger partial charge in [0, 0.05) is 25.9 Å². The Balaban J connectivity index is 2.37. The predicted octanol–water partition coefficient (Wildman–Crippen LogP) is 2.25. The molecule has 0 radical (unpaired) electrons. The topological polar surface area (TPSA) is 83.6 Å². The van der Waals surface area contributed by atoms with Crippen molar-refractivity contribution in [3.63, 3.8) is 0 Å². The molecule has 1 rings (SSSR count). The quantitative estimate of drug-likeness (QED) is 0.684. The second-order valence-corrected chi connectivity index (χ2v) is 6.22. The van der Waals surface area contributed by atoms with E-state index >= 15 is 0 Å². The molecule has 0 aromatic rings. The van der Waals surface area contributed by atoms with Gasteiger partial charge in [-0.05, 0) is 44.1 Å². The van der Waals surface area contributed by atoms with Gasteiger partial charge in [-0.1, -0.05) is 19.8 Å². The first-order valence-electron chi connectivity index (χ1n) is 8.26. The van der Waals surface area contributed by atoms with Crippen LogP contribution in [0.3, 0.4) is 0 Å². The average molecular weight is 298 g/mol. The fraction of sp³-hybridized carbons (Fsp3) is 0.875. The van der Waals surface area contributed by atoms with Crippen LogP contribution >= 0.6 is 0 Å². The van der Waals surface area contributed by atoms with Crippen LogP contribution in [0.5, 0.6) is 0 Å². The van der Waals surface area contributed by atoms with Gasteiger partial charge in [0.25, 0.3) is 0 Å². The van der Waals surface area contributed by atoms with Gasteiger partial charge in [-0.2, -0.15) is 0 Å². The van der Waals surface area contributed by atoms with E-state index in [1.54, 1.807) is 0 Å². The van der Waals surface area contributed by atoms with Crippen molar-refractivity contribution >= 4 is 11.9 Å². The van der Waals surface area contributed by atoms with Gasteiger partial charge in [0.05, 0.1) is 0 Å². The van der Waals surface area contributed by atoms with Crippen LogP contribution in [0.4, 0.5) is 0 Å². The molecule has 0 saturated carbocycles. The summed E-state index contributed by atoms with van der Waals surface area (Å²) in [5.41, 5.74) is 5.62. The lowest BCUT2D eigenvalue weighted by Crippen LogP contribution is -2.40. The molecule has 1 fully saturated rings. The van der Waals surface area contributed by atoms with Gasteiger partial charge in [-0.15, -0.1) is 0 Å². The molecule has 0 spiro atoms. The first kappa shape index (κ1) is 18.0. The molecule has 1 aliphatic rings. The average Bonchev–Trinajstić information content (AvgIpc) is 2.44. The number of carboxylic acid groups (broad SMARTS) is 1. The molecule has 1 aliphatic heterocycles. The number of hydrogen-bond donors (Lipinski definition) is 2. The summed E-state index contributed by atoms with van der Waals surface area (Å²) in [7, 11) is 0. The SMILES string of the molecule is CCCC(CCN)CCC(=O)N1CCCC(CC(=O)O)C1. The third-order valence-corrected chi connectivity index (χ3v) is 4.37. The van der Waals surface area contributed by atoms with E-state index in [4.69, 9.17) is 10.8 Å². The summed E-state index contributed by atoms with van der Waals surface area (Å²) in [4.78, 5) is 24.9. The van der Waals surface area contributed by atoms with Crippen molar-refractivity contribution in [2.75, 3.05) is 19.6 Å². The number of rotatable bonds is 9. The standard InChI is InChI=1S/C16H30N2O3/c1-2-4-13(8-9-17)6-7-15(19)18-10-3-5-14(12-18)11-16(20)21/h13-14H,2-12,17H2,1H3,(H,20,21). The van der Waals surface area contributed by atoms with Gasteiger partial charge < -0.3 is 15.7 Å². The number of nitrogens with zero attached hydrogens (tertiary/aromatic N) is 1. The highest BCUT2D eigenvalue weighted by molar-refractivity contribution is 5.76. The molecular formula is C16H30N2O3. The van der Waals surface area contributed by atoms with Gasteiger partial charge in [-0.3, -0.25) is 9.59 Å². The van der Waals surface area contributed by atoms with Crippen LogP contribution in [0.2, 0.25) is 0 Å². The van der Waals surface area contributed by atoms with Crippen molar-refractivity contribution in [2.24, 2.45) is 17.6 Å². The Labute approximate surface area is 127 Å². The van der Waals surface area contributed by atoms with Gasteiger partial charge in [0.15, 0.2) is 0 Å². The van der Waals surface area contributed by atoms with E-state index in [9.17, 15) is 9.59 Å². The van der Waals surface area contributed by atoms with Crippen molar-refractivity contribution in [3.05, 3.63) is 0 Å². The molecule has 0 aromatic heterocycles. The minimum Gasteiger partial charge on any atom is -0.481 e. The third-order valence-electron chi connectivity index (χ3n) is 4.37. The van der Waals surface area contributed by atoms with Crippen LogP contribution in [0.1, 0.15) is 58.3 Å². The summed E-state index contributed by atoms with van der Waals surface area (Å²) in [5.74, 6) is 0.0858. The molecule has 0 aromatic carbocycles. The van der Waals surface area contributed by atoms with Crippen LogP contribution in [0, 0.1) is 11.8 Å². The lowest BCUT2D eigenvalue weighted by molar-refractivity contribution is -0.140. The van der Waals surface area contributed by atoms with E-state index in [2.05, 4.69) is 6.92 Å². The maximum Gasteiger partial charge on any atom is 0.303 e. The van der Waals surface area contributed by atoms with E-state index < -0.39 is 5.97 Å². The summed E-state index contributed by atoms with van der Waals surface area (Å²) in [6, 6.07) is 0. The summed E-state index contributed by atoms with van der Waals surface area (Å²) >= 11 is 0. The second kappa shape index (κ2) is 9.77. The Hall–Kier alpha value is -1.10. The predicted molar refractivity (Wildman–Crippen MR) is 82.9 cm³/mol. The lowest BCUT2D eigenvalue weighted by Gasteiger charge is -2.32. The summed E-state index contributed by atoms with van der Waals surface area (Å²) < 4.78 is 0. The van der Waals surface area contributed by atoms with E-state index in [0.717, 1.165) is 45.1 Å². The minimum atomic E-state index is -0.764. The zero-order valence-corrected chi connectivity index (χ0v) is 13.2. The number of carboxylic acids is 1. The molecule has 21 heavy (non-hydrogen) atoms. The highest BCUT2D eigenvalue weighted by Gasteiger charge is 2.25. The zero-order chi connectivity index (χ0) is 15.7. The monoisotopic (exact) mass is 298 g/mol. The number of carbonyl (C=O) groups is 2. The minimum absolute atomic E-state index is 0.121. The Morgan fingerprint density at radius 2 is 2.10 bits per heavy atom. The van der Waals surface area contributed by atoms with Crippen LogP contribution in [0.25, 0.3) is 0 Å². The molecule has 1 amide bonds. The van der Waals surface area contributed by atoms with Crippen molar-refractivity contribution in [1.29, 1.82) is 0 Å². The summed E-state index contributed by atoms with van der Waals surface area (Å²) in [6.07, 6.45) is 6.74. The number of carbonyl (C=O) groups excluding carboxylic acids is 1. The first-order chi connectivity index (χ1) is 10.1. The number of piperidine rings is 1. The van der Waals surface area contributed by atoms with E-state index in [1.807, 2.05) is 4.90 Å². The van der Waals surface area contributed by atoms with Gasteiger partial charge >= 0.3 is 5.97 Å². The van der Waals surface area contributed by atoms with Crippen LogP contribution in [0.15, 0.2) is 0 Å². The number of likely N-dealkylation sites (tertiary alicyclic amines) is 1. The fourth-order valence-electron chi connectivity index (χ4n) is 3.27. The van der Waals surface area contributed by atoms with Gasteiger partial charge in [-0.25, -0.2) is 0 Å². The number of aliphatic carboxylic acids is 1. The summed E-state index contributed by atoms with van der Waals surface area (Å²) in [6.45, 7) is 4.24. The largest absolute Gasteiger partial charge is 0.481 e. The normalized spacial score (nSPS) is 20.3. The first-order valence-corrected chi connectivity index (χ1v) is 8.26. The number of hydrogen-bond acceptors (Lipinski definition) is 3. The molecular weight excluding hydrogens is 268 g/mol. The molecule has 5 heteroatoms. The van der Waals surface area contributed by atoms with Crippen molar-refractivity contribution in [3.8, 4) is 0 Å². The van der Waals surface area contributed by atoms with E-state index in [0.29, 0.717) is 25.4 Å². The van der Waals surface area contributed by atoms with Crippen LogP contribution < -0.4 is 5.73 Å². The maximum absolute atomic E-state index is 12.3. The Kier molecular flexibility index (Phi) is 8.35. The van der Waals surface area contributed by atoms with Crippen LogP contribution in [-0.4, -0.2) is 41.5 Å². The number of amides is 1. The van der Waals surface area contributed by atoms with Crippen molar-refractivity contribution in [2.45, 2.75) is 58.3 Å². The van der Waals surface area contributed by atoms with Crippen molar-refractivity contribution in [1.82, 2.24) is 4.90 Å². The molecule has 1 heterocycles. The second-order valence-electron chi connectivity index (χ2n) is 6.22. The Morgan fingerprint density at radius 3 is 2.71 bits per heavy atom. The highest BCUT2D eigenvalue weighted by Crippen LogP contribution is 2.22. The van der Waals surface area contributed by atoms with Crippen molar-refractivity contribution < 1.29 is 14.7 Å². The molecule has 0 bridgehead atoms. The van der Waals surface area contributed by atoms with Gasteiger partial charge in [0.1, 0.15) is 0 Å². The van der Waals surface area contributed by atoms with E-state index in [1.165, 1.54) is 0 Å². The molecule has 0 aliphatic carbocycles. The fourth-order valence-corrected chi connectivity index (χ4v) is 3.27. The Morgan fingerprint density at radius 1 is 1.33 bits per heavy atom. The molecule has 2 atom stereocenters. The smallest absolute Gasteiger partial charge is 0.303 e. The van der Waals surface area contributed by atoms with Gasteiger partial charge in [0.2, 0.25) is 5.91 Å².